The van der Waals surface area contributed by atoms with Crippen molar-refractivity contribution < 1.29 is 36.8 Å². The van der Waals surface area contributed by atoms with Gasteiger partial charge in [0.25, 0.3) is 0 Å². The van der Waals surface area contributed by atoms with Crippen molar-refractivity contribution in [2.24, 2.45) is 0 Å². The van der Waals surface area contributed by atoms with Gasteiger partial charge in [0.05, 0.1) is 12.1 Å². The molecule has 0 fully saturated rings. The predicted molar refractivity (Wildman–Crippen MR) is 141 cm³/mol. The molecule has 0 radical (unpaired) electrons. The molecule has 39 heavy (non-hydrogen) atoms. The van der Waals surface area contributed by atoms with Crippen LogP contribution in [0.4, 0.5) is 0 Å². The number of carbonyl (C=O) groups excluding carboxylic acids is 2. The Kier molecular flexibility index (Phi) is 7.26. The van der Waals surface area contributed by atoms with Crippen LogP contribution >= 0.6 is 11.6 Å². The number of ketones is 2. The van der Waals surface area contributed by atoms with Gasteiger partial charge in [-0.3, -0.25) is 14.4 Å². The number of hydrogen-bond acceptors (Lipinski definition) is 8. The molecule has 0 bridgehead atoms. The van der Waals surface area contributed by atoms with E-state index < -0.39 is 22.0 Å². The van der Waals surface area contributed by atoms with E-state index in [-0.39, 0.29) is 52.4 Å². The number of hydrogen-bond donors (Lipinski definition) is 1. The fraction of sp³-hybridized carbons (Fsp3) is 0.321. The van der Waals surface area contributed by atoms with E-state index in [9.17, 15) is 27.9 Å². The maximum Gasteiger partial charge on any atom is 0.339 e. The third kappa shape index (κ3) is 4.94. The number of aliphatic carboxylic acids is 1. The highest BCUT2D eigenvalue weighted by molar-refractivity contribution is 7.87. The molecule has 2 aromatic rings. The lowest BCUT2D eigenvalue weighted by Crippen LogP contribution is -2.41. The van der Waals surface area contributed by atoms with Crippen LogP contribution in [0, 0.1) is 0 Å². The van der Waals surface area contributed by atoms with Gasteiger partial charge < -0.3 is 18.9 Å². The smallest absolute Gasteiger partial charge is 0.339 e. The molecule has 204 valence electrons. The van der Waals surface area contributed by atoms with Crippen molar-refractivity contribution in [1.82, 2.24) is 4.90 Å². The second-order valence-corrected chi connectivity index (χ2v) is 11.5. The van der Waals surface area contributed by atoms with E-state index in [2.05, 4.69) is 0 Å². The molecule has 0 unspecified atom stereocenters. The average Bonchev–Trinajstić information content (AvgIpc) is 2.90. The summed E-state index contributed by atoms with van der Waals surface area (Å²) >= 11 is 6.59. The third-order valence-electron chi connectivity index (χ3n) is 7.19. The predicted octanol–water partition coefficient (Wildman–Crippen LogP) is 4.61. The van der Waals surface area contributed by atoms with Gasteiger partial charge in [-0.25, -0.2) is 0 Å². The van der Waals surface area contributed by atoms with E-state index in [1.807, 2.05) is 0 Å². The zero-order valence-corrected chi connectivity index (χ0v) is 22.7. The van der Waals surface area contributed by atoms with E-state index >= 15 is 0 Å². The van der Waals surface area contributed by atoms with Gasteiger partial charge in [-0.1, -0.05) is 29.8 Å². The Hall–Kier alpha value is -3.63. The first-order valence-corrected chi connectivity index (χ1v) is 14.3. The quantitative estimate of drug-likeness (QED) is 0.474. The van der Waals surface area contributed by atoms with E-state index in [0.717, 1.165) is 0 Å². The summed E-state index contributed by atoms with van der Waals surface area (Å²) in [6.07, 6.45) is 2.69. The standard InChI is InChI=1S/C28H26ClNO8S/c1-37-23-14-16(13-18(29)28(23)38-39(35,36)17-7-3-2-4-8-17)25-26-19(9-5-11-21(26)31)30(15-24(33)34)20-10-6-12-22(32)27(20)25/h2-4,7-8,13-14,25H,5-6,9-12,15H2,1H3,(H,33,34). The Morgan fingerprint density at radius 2 is 1.59 bits per heavy atom. The summed E-state index contributed by atoms with van der Waals surface area (Å²) in [6, 6.07) is 10.6. The first kappa shape index (κ1) is 27.0. The Balaban J connectivity index is 1.66. The van der Waals surface area contributed by atoms with Gasteiger partial charge in [-0.15, -0.1) is 0 Å². The minimum atomic E-state index is -4.23. The number of benzene rings is 2. The number of halogens is 1. The second-order valence-electron chi connectivity index (χ2n) is 9.57. The third-order valence-corrected chi connectivity index (χ3v) is 8.71. The van der Waals surface area contributed by atoms with Gasteiger partial charge in [-0.2, -0.15) is 8.42 Å². The van der Waals surface area contributed by atoms with Crippen LogP contribution in [0.5, 0.6) is 11.5 Å². The van der Waals surface area contributed by atoms with Crippen LogP contribution < -0.4 is 8.92 Å². The monoisotopic (exact) mass is 571 g/mol. The molecule has 9 nitrogen and oxygen atoms in total. The number of carbonyl (C=O) groups is 3. The number of carboxylic acids is 1. The molecule has 0 saturated carbocycles. The molecular weight excluding hydrogens is 546 g/mol. The summed E-state index contributed by atoms with van der Waals surface area (Å²) in [4.78, 5) is 40.0. The van der Waals surface area contributed by atoms with Crippen molar-refractivity contribution in [2.75, 3.05) is 13.7 Å². The van der Waals surface area contributed by atoms with Crippen LogP contribution in [0.2, 0.25) is 5.02 Å². The topological polar surface area (TPSA) is 127 Å². The molecule has 1 aliphatic heterocycles. The number of methoxy groups -OCH3 is 1. The summed E-state index contributed by atoms with van der Waals surface area (Å²) in [7, 11) is -2.90. The molecule has 0 atom stereocenters. The fourth-order valence-electron chi connectivity index (χ4n) is 5.61. The van der Waals surface area contributed by atoms with Gasteiger partial charge in [0, 0.05) is 41.3 Å². The molecule has 1 N–H and O–H groups in total. The van der Waals surface area contributed by atoms with E-state index in [1.165, 1.54) is 31.4 Å². The van der Waals surface area contributed by atoms with E-state index in [0.29, 0.717) is 53.8 Å². The van der Waals surface area contributed by atoms with E-state index in [1.54, 1.807) is 23.1 Å². The van der Waals surface area contributed by atoms with Crippen LogP contribution in [0.15, 0.2) is 69.9 Å². The summed E-state index contributed by atoms with van der Waals surface area (Å²) in [5, 5.41) is 9.54. The Morgan fingerprint density at radius 1 is 1.00 bits per heavy atom. The van der Waals surface area contributed by atoms with Gasteiger partial charge in [-0.05, 0) is 55.5 Å². The van der Waals surface area contributed by atoms with Crippen LogP contribution in [-0.2, 0) is 24.5 Å². The fourth-order valence-corrected chi connectivity index (χ4v) is 6.89. The molecule has 0 amide bonds. The SMILES string of the molecule is COc1cc(C2C3=C(CCCC3=O)N(CC(=O)O)C3=C2C(=O)CCC3)cc(Cl)c1OS(=O)(=O)c1ccccc1. The molecule has 0 aromatic heterocycles. The van der Waals surface area contributed by atoms with Crippen LogP contribution in [0.1, 0.15) is 50.0 Å². The molecule has 2 aliphatic carbocycles. The first-order valence-electron chi connectivity index (χ1n) is 12.5. The van der Waals surface area contributed by atoms with Crippen molar-refractivity contribution >= 4 is 39.3 Å². The zero-order chi connectivity index (χ0) is 27.9. The molecule has 5 rings (SSSR count). The number of nitrogens with zero attached hydrogens (tertiary/aromatic N) is 1. The lowest BCUT2D eigenvalue weighted by atomic mass is 9.71. The van der Waals surface area contributed by atoms with Crippen LogP contribution in [0.3, 0.4) is 0 Å². The average molecular weight is 572 g/mol. The highest BCUT2D eigenvalue weighted by Crippen LogP contribution is 2.51. The lowest BCUT2D eigenvalue weighted by Gasteiger charge is -2.43. The highest BCUT2D eigenvalue weighted by atomic mass is 35.5. The molecule has 0 spiro atoms. The van der Waals surface area contributed by atoms with Crippen molar-refractivity contribution in [2.45, 2.75) is 49.3 Å². The molecule has 0 saturated heterocycles. The van der Waals surface area contributed by atoms with Gasteiger partial charge >= 0.3 is 16.1 Å². The molecule has 2 aromatic carbocycles. The minimum Gasteiger partial charge on any atom is -0.493 e. The number of ether oxygens (including phenoxy) is 1. The maximum absolute atomic E-state index is 13.3. The molecule has 3 aliphatic rings. The van der Waals surface area contributed by atoms with Crippen molar-refractivity contribution in [3.05, 3.63) is 75.6 Å². The summed E-state index contributed by atoms with van der Waals surface area (Å²) < 4.78 is 36.7. The summed E-state index contributed by atoms with van der Waals surface area (Å²) in [5.41, 5.74) is 2.42. The Labute approximate surface area is 230 Å². The van der Waals surface area contributed by atoms with E-state index in [4.69, 9.17) is 20.5 Å². The molecule has 11 heteroatoms. The maximum atomic E-state index is 13.3. The normalized spacial score (nSPS) is 18.2. The van der Waals surface area contributed by atoms with Crippen molar-refractivity contribution in [3.8, 4) is 11.5 Å². The number of rotatable bonds is 7. The zero-order valence-electron chi connectivity index (χ0n) is 21.1. The van der Waals surface area contributed by atoms with Gasteiger partial charge in [0.2, 0.25) is 5.75 Å². The summed E-state index contributed by atoms with van der Waals surface area (Å²) in [6.45, 7) is -0.348. The lowest BCUT2D eigenvalue weighted by molar-refractivity contribution is -0.138. The van der Waals surface area contributed by atoms with Crippen molar-refractivity contribution in [3.63, 3.8) is 0 Å². The number of carboxylic acid groups (broad SMARTS) is 1. The number of Topliss-reactive ketones (excluding diaryl/α,β-unsaturated/α-hetero) is 2. The van der Waals surface area contributed by atoms with Crippen molar-refractivity contribution in [1.29, 1.82) is 0 Å². The van der Waals surface area contributed by atoms with Gasteiger partial charge in [0.1, 0.15) is 11.4 Å². The highest BCUT2D eigenvalue weighted by Gasteiger charge is 2.44. The Bertz CT molecular complexity index is 1500. The minimum absolute atomic E-state index is 0.0146. The molecule has 1 heterocycles. The van der Waals surface area contributed by atoms with Crippen LogP contribution in [-0.4, -0.2) is 49.6 Å². The second kappa shape index (κ2) is 10.5. The largest absolute Gasteiger partial charge is 0.493 e. The first-order chi connectivity index (χ1) is 18.6. The van der Waals surface area contributed by atoms with Crippen LogP contribution in [0.25, 0.3) is 0 Å². The van der Waals surface area contributed by atoms with Gasteiger partial charge in [0.15, 0.2) is 17.3 Å². The summed E-state index contributed by atoms with van der Waals surface area (Å²) in [5.74, 6) is -2.38. The Morgan fingerprint density at radius 3 is 2.13 bits per heavy atom. The number of allylic oxidation sites excluding steroid dienone is 4. The molecular formula is C28H26ClNO8S.